The van der Waals surface area contributed by atoms with Crippen molar-refractivity contribution in [3.05, 3.63) is 34.9 Å². The third kappa shape index (κ3) is 3.67. The van der Waals surface area contributed by atoms with Gasteiger partial charge in [0.2, 0.25) is 0 Å². The van der Waals surface area contributed by atoms with E-state index < -0.39 is 5.60 Å². The quantitative estimate of drug-likeness (QED) is 0.575. The normalized spacial score (nSPS) is 43.4. The summed E-state index contributed by atoms with van der Waals surface area (Å²) in [6.07, 6.45) is 11.9. The van der Waals surface area contributed by atoms with Gasteiger partial charge in [-0.3, -0.25) is 4.79 Å². The standard InChI is InChI=1S/C31H42N2O2/c1-19(33-15-12-21-16-20(18-32)4-6-24(21)29(33)34)27-8-9-28-26-7-5-22-17-30(2,35)13-10-23(22)25(26)11-14-31(27,28)3/h4,6,16,19,22-23,25-28,35H,5,7-15,17H2,1-3H3/t19-,22-,23+,25-,26-,27?,28+,30-,31-/m1/s1. The van der Waals surface area contributed by atoms with Crippen molar-refractivity contribution in [2.24, 2.45) is 40.9 Å². The number of fused-ring (bicyclic) bond motifs is 6. The molecule has 0 radical (unpaired) electrons. The van der Waals surface area contributed by atoms with Crippen molar-refractivity contribution in [2.75, 3.05) is 6.54 Å². The summed E-state index contributed by atoms with van der Waals surface area (Å²) in [5.41, 5.74) is 2.38. The second kappa shape index (κ2) is 8.34. The summed E-state index contributed by atoms with van der Waals surface area (Å²) < 4.78 is 0. The molecule has 1 amide bonds. The maximum absolute atomic E-state index is 13.5. The van der Waals surface area contributed by atoms with Crippen LogP contribution in [0, 0.1) is 52.3 Å². The first-order valence-electron chi connectivity index (χ1n) is 14.3. The van der Waals surface area contributed by atoms with Gasteiger partial charge in [-0.15, -0.1) is 0 Å². The van der Waals surface area contributed by atoms with E-state index in [0.29, 0.717) is 16.9 Å². The van der Waals surface area contributed by atoms with Gasteiger partial charge in [0.15, 0.2) is 0 Å². The molecule has 0 spiro atoms. The summed E-state index contributed by atoms with van der Waals surface area (Å²) in [4.78, 5) is 15.7. The van der Waals surface area contributed by atoms with E-state index in [2.05, 4.69) is 31.7 Å². The molecule has 1 aliphatic heterocycles. The lowest BCUT2D eigenvalue weighted by atomic mass is 9.48. The largest absolute Gasteiger partial charge is 0.390 e. The van der Waals surface area contributed by atoms with E-state index in [1.165, 1.54) is 44.9 Å². The molecule has 4 heteroatoms. The molecule has 1 heterocycles. The van der Waals surface area contributed by atoms with Crippen LogP contribution in [0.25, 0.3) is 0 Å². The summed E-state index contributed by atoms with van der Waals surface area (Å²) in [5, 5.41) is 19.9. The number of aliphatic hydroxyl groups is 1. The highest BCUT2D eigenvalue weighted by atomic mass is 16.3. The molecule has 4 nitrogen and oxygen atoms in total. The summed E-state index contributed by atoms with van der Waals surface area (Å²) in [5.74, 6) is 4.79. The predicted octanol–water partition coefficient (Wildman–Crippen LogP) is 5.96. The van der Waals surface area contributed by atoms with Crippen molar-refractivity contribution < 1.29 is 9.90 Å². The highest BCUT2D eigenvalue weighted by Gasteiger charge is 2.59. The number of carbonyl (C=O) groups excluding carboxylic acids is 1. The lowest BCUT2D eigenvalue weighted by Crippen LogP contribution is -2.54. The van der Waals surface area contributed by atoms with Gasteiger partial charge in [0.05, 0.1) is 17.2 Å². The van der Waals surface area contributed by atoms with Crippen molar-refractivity contribution in [3.63, 3.8) is 0 Å². The third-order valence-corrected chi connectivity index (χ3v) is 11.7. The molecule has 0 aromatic heterocycles. The molecule has 1 aromatic rings. The minimum atomic E-state index is -0.444. The SMILES string of the molecule is C[C@H](C1CC[C@H]2[C@@H]3CC[C@@H]4C[C@](C)(O)CC[C@@H]4[C@H]3CC[C@]12C)N1CCc2cc(C#N)ccc2C1=O. The number of nitriles is 1. The van der Waals surface area contributed by atoms with Crippen LogP contribution in [0.3, 0.4) is 0 Å². The smallest absolute Gasteiger partial charge is 0.254 e. The minimum Gasteiger partial charge on any atom is -0.390 e. The second-order valence-corrected chi connectivity index (χ2v) is 13.4. The van der Waals surface area contributed by atoms with Gasteiger partial charge in [-0.25, -0.2) is 0 Å². The number of nitrogens with zero attached hydrogens (tertiary/aromatic N) is 2. The van der Waals surface area contributed by atoms with Crippen LogP contribution in [0.15, 0.2) is 18.2 Å². The van der Waals surface area contributed by atoms with Crippen LogP contribution in [0.1, 0.15) is 100 Å². The van der Waals surface area contributed by atoms with Gasteiger partial charge >= 0.3 is 0 Å². The Balaban J connectivity index is 1.20. The van der Waals surface area contributed by atoms with Gasteiger partial charge in [0.25, 0.3) is 5.91 Å². The van der Waals surface area contributed by atoms with E-state index in [4.69, 9.17) is 0 Å². The van der Waals surface area contributed by atoms with Crippen molar-refractivity contribution in [2.45, 2.75) is 96.6 Å². The van der Waals surface area contributed by atoms with Crippen LogP contribution >= 0.6 is 0 Å². The number of carbonyl (C=O) groups is 1. The van der Waals surface area contributed by atoms with Gasteiger partial charge in [-0.1, -0.05) is 6.92 Å². The fourth-order valence-electron chi connectivity index (χ4n) is 10.1. The molecule has 9 atom stereocenters. The molecule has 0 bridgehead atoms. The molecule has 35 heavy (non-hydrogen) atoms. The highest BCUT2D eigenvalue weighted by molar-refractivity contribution is 5.97. The third-order valence-electron chi connectivity index (χ3n) is 11.7. The molecule has 1 unspecified atom stereocenters. The Morgan fingerprint density at radius 3 is 2.66 bits per heavy atom. The fourth-order valence-corrected chi connectivity index (χ4v) is 10.1. The monoisotopic (exact) mass is 474 g/mol. The number of hydrogen-bond donors (Lipinski definition) is 1. The van der Waals surface area contributed by atoms with Crippen LogP contribution in [0.4, 0.5) is 0 Å². The molecule has 4 aliphatic carbocycles. The molecule has 4 saturated carbocycles. The van der Waals surface area contributed by atoms with Crippen LogP contribution in [-0.2, 0) is 6.42 Å². The zero-order chi connectivity index (χ0) is 24.5. The molecule has 4 fully saturated rings. The van der Waals surface area contributed by atoms with Gasteiger partial charge in [0, 0.05) is 18.2 Å². The molecular weight excluding hydrogens is 432 g/mol. The average Bonchev–Trinajstić information content (AvgIpc) is 3.20. The van der Waals surface area contributed by atoms with Gasteiger partial charge in [-0.05, 0) is 143 Å². The first-order chi connectivity index (χ1) is 16.7. The Kier molecular flexibility index (Phi) is 5.61. The summed E-state index contributed by atoms with van der Waals surface area (Å²) in [7, 11) is 0. The molecule has 5 aliphatic rings. The highest BCUT2D eigenvalue weighted by Crippen LogP contribution is 2.65. The van der Waals surface area contributed by atoms with Crippen LogP contribution in [-0.4, -0.2) is 34.1 Å². The molecular formula is C31H42N2O2. The maximum Gasteiger partial charge on any atom is 0.254 e. The van der Waals surface area contributed by atoms with Crippen LogP contribution in [0.2, 0.25) is 0 Å². The molecule has 1 aromatic carbocycles. The van der Waals surface area contributed by atoms with Crippen molar-refractivity contribution in [3.8, 4) is 6.07 Å². The van der Waals surface area contributed by atoms with E-state index in [0.717, 1.165) is 66.5 Å². The number of hydrogen-bond acceptors (Lipinski definition) is 3. The Morgan fingerprint density at radius 1 is 1.06 bits per heavy atom. The Labute approximate surface area is 211 Å². The summed E-state index contributed by atoms with van der Waals surface area (Å²) >= 11 is 0. The van der Waals surface area contributed by atoms with Crippen molar-refractivity contribution in [1.82, 2.24) is 4.90 Å². The molecule has 6 rings (SSSR count). The maximum atomic E-state index is 13.5. The fraction of sp³-hybridized carbons (Fsp3) is 0.742. The molecule has 0 saturated heterocycles. The van der Waals surface area contributed by atoms with Gasteiger partial charge in [0.1, 0.15) is 0 Å². The zero-order valence-electron chi connectivity index (χ0n) is 21.8. The van der Waals surface area contributed by atoms with E-state index in [-0.39, 0.29) is 11.9 Å². The van der Waals surface area contributed by atoms with Gasteiger partial charge in [-0.2, -0.15) is 5.26 Å². The first-order valence-corrected chi connectivity index (χ1v) is 14.3. The van der Waals surface area contributed by atoms with Crippen LogP contribution in [0.5, 0.6) is 0 Å². The lowest BCUT2D eigenvalue weighted by molar-refractivity contribution is -0.103. The number of benzene rings is 1. The van der Waals surface area contributed by atoms with Crippen molar-refractivity contribution >= 4 is 5.91 Å². The second-order valence-electron chi connectivity index (χ2n) is 13.4. The van der Waals surface area contributed by atoms with Crippen LogP contribution < -0.4 is 0 Å². The van der Waals surface area contributed by atoms with Gasteiger partial charge < -0.3 is 10.0 Å². The zero-order valence-corrected chi connectivity index (χ0v) is 21.8. The Morgan fingerprint density at radius 2 is 1.86 bits per heavy atom. The Hall–Kier alpha value is -1.86. The van der Waals surface area contributed by atoms with E-state index in [1.807, 2.05) is 12.1 Å². The van der Waals surface area contributed by atoms with E-state index in [9.17, 15) is 15.2 Å². The topological polar surface area (TPSA) is 64.3 Å². The average molecular weight is 475 g/mol. The number of rotatable bonds is 2. The van der Waals surface area contributed by atoms with E-state index >= 15 is 0 Å². The predicted molar refractivity (Wildman–Crippen MR) is 137 cm³/mol. The number of amides is 1. The Bertz CT molecular complexity index is 1060. The minimum absolute atomic E-state index is 0.166. The summed E-state index contributed by atoms with van der Waals surface area (Å²) in [6.45, 7) is 7.71. The first kappa shape index (κ1) is 23.5. The molecule has 1 N–H and O–H groups in total. The molecule has 188 valence electrons. The van der Waals surface area contributed by atoms with E-state index in [1.54, 1.807) is 6.07 Å². The van der Waals surface area contributed by atoms with Crippen molar-refractivity contribution in [1.29, 1.82) is 5.26 Å². The lowest BCUT2D eigenvalue weighted by Gasteiger charge is -2.57. The summed E-state index contributed by atoms with van der Waals surface area (Å²) in [6, 6.07) is 8.05.